The molecule has 0 aliphatic rings. The van der Waals surface area contributed by atoms with Crippen LogP contribution in [0.5, 0.6) is 5.75 Å². The van der Waals surface area contributed by atoms with Crippen LogP contribution < -0.4 is 15.5 Å². The second-order valence-electron chi connectivity index (χ2n) is 7.29. The average molecular weight is 460 g/mol. The fourth-order valence-electron chi connectivity index (χ4n) is 3.10. The Bertz CT molecular complexity index is 1210. The summed E-state index contributed by atoms with van der Waals surface area (Å²) in [4.78, 5) is 35.0. The lowest BCUT2D eigenvalue weighted by atomic mass is 10.2. The summed E-state index contributed by atoms with van der Waals surface area (Å²) >= 11 is 0. The molecule has 0 aliphatic heterocycles. The molecule has 0 atom stereocenters. The first-order chi connectivity index (χ1) is 16.5. The number of amides is 2. The summed E-state index contributed by atoms with van der Waals surface area (Å²) in [6.07, 6.45) is 2.56. The van der Waals surface area contributed by atoms with Crippen molar-refractivity contribution in [1.29, 1.82) is 0 Å². The lowest BCUT2D eigenvalue weighted by Gasteiger charge is -2.09. The molecular formula is C25H24N4O5. The van der Waals surface area contributed by atoms with E-state index in [9.17, 15) is 19.7 Å². The molecule has 3 aromatic carbocycles. The summed E-state index contributed by atoms with van der Waals surface area (Å²) in [6, 6.07) is 19.9. The molecule has 0 unspecified atom stereocenters. The predicted molar refractivity (Wildman–Crippen MR) is 129 cm³/mol. The van der Waals surface area contributed by atoms with Crippen LogP contribution in [0.1, 0.15) is 41.3 Å². The van der Waals surface area contributed by atoms with Crippen LogP contribution in [-0.4, -0.2) is 23.0 Å². The van der Waals surface area contributed by atoms with E-state index in [1.54, 1.807) is 66.7 Å². The van der Waals surface area contributed by atoms with E-state index in [2.05, 4.69) is 15.8 Å². The van der Waals surface area contributed by atoms with Gasteiger partial charge in [-0.2, -0.15) is 5.10 Å². The Hall–Kier alpha value is -4.53. The van der Waals surface area contributed by atoms with E-state index in [1.165, 1.54) is 12.3 Å². The molecule has 3 rings (SSSR count). The lowest BCUT2D eigenvalue weighted by molar-refractivity contribution is -0.385. The molecule has 9 nitrogen and oxygen atoms in total. The number of rotatable bonds is 10. The number of carbonyl (C=O) groups excluding carboxylic acids is 2. The Kier molecular flexibility index (Phi) is 8.45. The number of para-hydroxylation sites is 2. The molecule has 0 radical (unpaired) electrons. The summed E-state index contributed by atoms with van der Waals surface area (Å²) in [6.45, 7) is 1.92. The predicted octanol–water partition coefficient (Wildman–Crippen LogP) is 4.68. The van der Waals surface area contributed by atoms with Gasteiger partial charge < -0.3 is 10.1 Å². The third kappa shape index (κ3) is 6.73. The van der Waals surface area contributed by atoms with Crippen molar-refractivity contribution >= 4 is 29.4 Å². The first-order valence-corrected chi connectivity index (χ1v) is 10.7. The smallest absolute Gasteiger partial charge is 0.276 e. The maximum absolute atomic E-state index is 12.5. The van der Waals surface area contributed by atoms with Crippen molar-refractivity contribution in [2.45, 2.75) is 26.4 Å². The van der Waals surface area contributed by atoms with Gasteiger partial charge >= 0.3 is 0 Å². The van der Waals surface area contributed by atoms with E-state index in [4.69, 9.17) is 4.74 Å². The zero-order valence-electron chi connectivity index (χ0n) is 18.6. The van der Waals surface area contributed by atoms with Gasteiger partial charge in [-0.3, -0.25) is 19.7 Å². The summed E-state index contributed by atoms with van der Waals surface area (Å²) in [5, 5.41) is 17.9. The highest BCUT2D eigenvalue weighted by Gasteiger charge is 2.13. The second-order valence-corrected chi connectivity index (χ2v) is 7.29. The molecule has 2 N–H and O–H groups in total. The van der Waals surface area contributed by atoms with Crippen LogP contribution >= 0.6 is 0 Å². The highest BCUT2D eigenvalue weighted by atomic mass is 16.6. The molecule has 2 amide bonds. The monoisotopic (exact) mass is 460 g/mol. The average Bonchev–Trinajstić information content (AvgIpc) is 2.83. The van der Waals surface area contributed by atoms with Gasteiger partial charge in [-0.1, -0.05) is 37.3 Å². The highest BCUT2D eigenvalue weighted by molar-refractivity contribution is 5.97. The first-order valence-electron chi connectivity index (χ1n) is 10.7. The minimum absolute atomic E-state index is 0.00487. The molecule has 0 heterocycles. The number of anilines is 1. The molecule has 0 saturated heterocycles. The van der Waals surface area contributed by atoms with Gasteiger partial charge in [0.25, 0.3) is 11.6 Å². The van der Waals surface area contributed by atoms with Gasteiger partial charge in [0.15, 0.2) is 0 Å². The van der Waals surface area contributed by atoms with Crippen LogP contribution in [0.25, 0.3) is 0 Å². The number of nitrogens with zero attached hydrogens (tertiary/aromatic N) is 2. The van der Waals surface area contributed by atoms with E-state index in [0.29, 0.717) is 34.5 Å². The maximum Gasteiger partial charge on any atom is 0.276 e. The quantitative estimate of drug-likeness (QED) is 0.258. The third-order valence-electron chi connectivity index (χ3n) is 4.75. The van der Waals surface area contributed by atoms with Crippen LogP contribution in [0.2, 0.25) is 0 Å². The number of benzene rings is 3. The van der Waals surface area contributed by atoms with Crippen molar-refractivity contribution in [2.24, 2.45) is 5.10 Å². The number of nitro groups is 1. The van der Waals surface area contributed by atoms with Gasteiger partial charge in [-0.25, -0.2) is 5.43 Å². The van der Waals surface area contributed by atoms with Crippen molar-refractivity contribution in [2.75, 3.05) is 5.32 Å². The fourth-order valence-corrected chi connectivity index (χ4v) is 3.10. The minimum Gasteiger partial charge on any atom is -0.488 e. The fraction of sp³-hybridized carbons (Fsp3) is 0.160. The van der Waals surface area contributed by atoms with Gasteiger partial charge in [0.2, 0.25) is 5.91 Å². The lowest BCUT2D eigenvalue weighted by Crippen LogP contribution is -2.18. The first kappa shape index (κ1) is 24.1. The summed E-state index contributed by atoms with van der Waals surface area (Å²) in [5.41, 5.74) is 4.33. The topological polar surface area (TPSA) is 123 Å². The molecule has 0 aliphatic carbocycles. The normalized spacial score (nSPS) is 10.6. The number of carbonyl (C=O) groups is 2. The van der Waals surface area contributed by atoms with Crippen molar-refractivity contribution in [3.05, 3.63) is 99.6 Å². The van der Waals surface area contributed by atoms with Gasteiger partial charge in [0.05, 0.1) is 16.7 Å². The molecule has 174 valence electrons. The zero-order chi connectivity index (χ0) is 24.3. The molecule has 0 saturated carbocycles. The number of ether oxygens (including phenoxy) is 1. The van der Waals surface area contributed by atoms with E-state index >= 15 is 0 Å². The van der Waals surface area contributed by atoms with Gasteiger partial charge in [0, 0.05) is 29.3 Å². The van der Waals surface area contributed by atoms with Crippen molar-refractivity contribution in [3.63, 3.8) is 0 Å². The SMILES string of the molecule is CCCC(=O)Nc1cccc(C(=O)NN=Cc2ccccc2OCc2ccccc2[N+](=O)[O-])c1. The van der Waals surface area contributed by atoms with Gasteiger partial charge in [0.1, 0.15) is 12.4 Å². The second kappa shape index (κ2) is 11.9. The third-order valence-corrected chi connectivity index (χ3v) is 4.75. The summed E-state index contributed by atoms with van der Waals surface area (Å²) < 4.78 is 5.78. The highest BCUT2D eigenvalue weighted by Crippen LogP contribution is 2.22. The summed E-state index contributed by atoms with van der Waals surface area (Å²) in [5.74, 6) is -0.101. The molecule has 3 aromatic rings. The number of hydrogen-bond acceptors (Lipinski definition) is 6. The molecular weight excluding hydrogens is 436 g/mol. The van der Waals surface area contributed by atoms with E-state index in [-0.39, 0.29) is 18.2 Å². The Balaban J connectivity index is 1.64. The maximum atomic E-state index is 12.5. The van der Waals surface area contributed by atoms with Crippen LogP contribution in [0.3, 0.4) is 0 Å². The molecule has 34 heavy (non-hydrogen) atoms. The van der Waals surface area contributed by atoms with E-state index < -0.39 is 10.8 Å². The van der Waals surface area contributed by atoms with Crippen LogP contribution in [-0.2, 0) is 11.4 Å². The van der Waals surface area contributed by atoms with E-state index in [0.717, 1.165) is 6.42 Å². The Morgan fingerprint density at radius 1 is 1.06 bits per heavy atom. The largest absolute Gasteiger partial charge is 0.488 e. The van der Waals surface area contributed by atoms with Crippen LogP contribution in [0.15, 0.2) is 77.9 Å². The van der Waals surface area contributed by atoms with E-state index in [1.807, 2.05) is 6.92 Å². The Morgan fingerprint density at radius 2 is 1.82 bits per heavy atom. The molecule has 9 heteroatoms. The standard InChI is InChI=1S/C25H24N4O5/c1-2-8-24(30)27-21-12-7-11-18(15-21)25(31)28-26-16-19-9-4-6-14-23(19)34-17-20-10-3-5-13-22(20)29(32)33/h3-7,9-16H,2,8,17H2,1H3,(H,27,30)(H,28,31). The minimum atomic E-state index is -0.453. The number of nitrogens with one attached hydrogen (secondary N) is 2. The van der Waals surface area contributed by atoms with Crippen molar-refractivity contribution in [1.82, 2.24) is 5.43 Å². The molecule has 0 spiro atoms. The van der Waals surface area contributed by atoms with Crippen molar-refractivity contribution < 1.29 is 19.2 Å². The van der Waals surface area contributed by atoms with Gasteiger partial charge in [-0.05, 0) is 42.8 Å². The van der Waals surface area contributed by atoms with Crippen molar-refractivity contribution in [3.8, 4) is 5.75 Å². The Morgan fingerprint density at radius 3 is 2.62 bits per heavy atom. The number of nitro benzene ring substituents is 1. The number of hydrogen-bond donors (Lipinski definition) is 2. The zero-order valence-corrected chi connectivity index (χ0v) is 18.6. The van der Waals surface area contributed by atoms with Gasteiger partial charge in [-0.15, -0.1) is 0 Å². The Labute approximate surface area is 196 Å². The summed E-state index contributed by atoms with van der Waals surface area (Å²) in [7, 11) is 0. The molecule has 0 aromatic heterocycles. The number of hydrazone groups is 1. The molecule has 0 bridgehead atoms. The van der Waals surface area contributed by atoms with Crippen LogP contribution in [0.4, 0.5) is 11.4 Å². The van der Waals surface area contributed by atoms with Crippen LogP contribution in [0, 0.1) is 10.1 Å². The molecule has 0 fully saturated rings.